The van der Waals surface area contributed by atoms with E-state index in [0.29, 0.717) is 44.0 Å². The molecule has 0 aliphatic heterocycles. The summed E-state index contributed by atoms with van der Waals surface area (Å²) in [5, 5.41) is 5.62. The van der Waals surface area contributed by atoms with Crippen LogP contribution < -0.4 is 15.5 Å². The third kappa shape index (κ3) is 6.55. The molecule has 0 aromatic heterocycles. The van der Waals surface area contributed by atoms with Crippen LogP contribution in [-0.4, -0.2) is 50.7 Å². The van der Waals surface area contributed by atoms with Gasteiger partial charge in [-0.1, -0.05) is 26.0 Å². The summed E-state index contributed by atoms with van der Waals surface area (Å²) in [6.07, 6.45) is 0. The molecule has 0 bridgehead atoms. The molecule has 2 amide bonds. The SMILES string of the molecule is CCN(CC)c1ccc(S(=O)(=O)N(CC)CC)cc1NC(=O)c1ccc(CNC(C)=O)cc1. The van der Waals surface area contributed by atoms with Crippen molar-refractivity contribution >= 4 is 33.2 Å². The number of sulfonamides is 1. The largest absolute Gasteiger partial charge is 0.370 e. The zero-order chi connectivity index (χ0) is 24.6. The van der Waals surface area contributed by atoms with Crippen LogP contribution in [-0.2, 0) is 21.4 Å². The highest BCUT2D eigenvalue weighted by Crippen LogP contribution is 2.30. The fraction of sp³-hybridized carbons (Fsp3) is 0.417. The van der Waals surface area contributed by atoms with Crippen LogP contribution in [0.15, 0.2) is 47.4 Å². The van der Waals surface area contributed by atoms with Crippen LogP contribution in [0.1, 0.15) is 50.5 Å². The van der Waals surface area contributed by atoms with Crippen molar-refractivity contribution in [1.82, 2.24) is 9.62 Å². The van der Waals surface area contributed by atoms with E-state index in [1.165, 1.54) is 17.3 Å². The Hall–Kier alpha value is -2.91. The van der Waals surface area contributed by atoms with Crippen LogP contribution in [0.5, 0.6) is 0 Å². The van der Waals surface area contributed by atoms with Gasteiger partial charge in [-0.2, -0.15) is 4.31 Å². The Kier molecular flexibility index (Phi) is 9.43. The van der Waals surface area contributed by atoms with Gasteiger partial charge in [0.2, 0.25) is 15.9 Å². The maximum atomic E-state index is 13.0. The van der Waals surface area contributed by atoms with Crippen molar-refractivity contribution in [2.24, 2.45) is 0 Å². The molecule has 0 unspecified atom stereocenters. The lowest BCUT2D eigenvalue weighted by Gasteiger charge is -2.26. The number of nitrogens with zero attached hydrogens (tertiary/aromatic N) is 2. The predicted molar refractivity (Wildman–Crippen MR) is 132 cm³/mol. The Morgan fingerprint density at radius 2 is 1.48 bits per heavy atom. The van der Waals surface area contributed by atoms with Crippen molar-refractivity contribution in [3.8, 4) is 0 Å². The number of rotatable bonds is 11. The number of anilines is 2. The molecule has 2 N–H and O–H groups in total. The standard InChI is InChI=1S/C24H34N4O4S/c1-6-27(7-2)23-15-14-21(33(31,32)28(8-3)9-4)16-22(23)26-24(30)20-12-10-19(11-13-20)17-25-18(5)29/h10-16H,6-9,17H2,1-5H3,(H,25,29)(H,26,30). The quantitative estimate of drug-likeness (QED) is 0.520. The molecule has 0 saturated heterocycles. The summed E-state index contributed by atoms with van der Waals surface area (Å²) in [6.45, 7) is 11.6. The van der Waals surface area contributed by atoms with Gasteiger partial charge in [0.1, 0.15) is 0 Å². The third-order valence-electron chi connectivity index (χ3n) is 5.42. The molecule has 0 spiro atoms. The van der Waals surface area contributed by atoms with E-state index in [9.17, 15) is 18.0 Å². The molecule has 0 atom stereocenters. The first-order chi connectivity index (χ1) is 15.7. The Bertz CT molecular complexity index is 1060. The molecule has 9 heteroatoms. The van der Waals surface area contributed by atoms with E-state index in [2.05, 4.69) is 15.5 Å². The first-order valence-electron chi connectivity index (χ1n) is 11.2. The molecule has 0 aliphatic rings. The molecule has 0 aliphatic carbocycles. The lowest BCUT2D eigenvalue weighted by atomic mass is 10.1. The maximum Gasteiger partial charge on any atom is 0.255 e. The normalized spacial score (nSPS) is 11.3. The first-order valence-corrected chi connectivity index (χ1v) is 12.7. The summed E-state index contributed by atoms with van der Waals surface area (Å²) in [5.74, 6) is -0.466. The van der Waals surface area contributed by atoms with Crippen LogP contribution in [0, 0.1) is 0 Å². The Morgan fingerprint density at radius 1 is 0.879 bits per heavy atom. The average Bonchev–Trinajstić information content (AvgIpc) is 2.80. The number of carbonyl (C=O) groups excluding carboxylic acids is 2. The Labute approximate surface area is 197 Å². The minimum absolute atomic E-state index is 0.125. The summed E-state index contributed by atoms with van der Waals surface area (Å²) < 4.78 is 27.5. The second-order valence-electron chi connectivity index (χ2n) is 7.50. The van der Waals surface area contributed by atoms with Crippen LogP contribution in [0.3, 0.4) is 0 Å². The van der Waals surface area contributed by atoms with Crippen molar-refractivity contribution < 1.29 is 18.0 Å². The van der Waals surface area contributed by atoms with E-state index >= 15 is 0 Å². The fourth-order valence-corrected chi connectivity index (χ4v) is 5.01. The molecule has 0 fully saturated rings. The van der Waals surface area contributed by atoms with Gasteiger partial charge in [-0.15, -0.1) is 0 Å². The zero-order valence-corrected chi connectivity index (χ0v) is 20.8. The van der Waals surface area contributed by atoms with Gasteiger partial charge in [0.05, 0.1) is 16.3 Å². The molecule has 0 heterocycles. The monoisotopic (exact) mass is 474 g/mol. The summed E-state index contributed by atoms with van der Waals surface area (Å²) in [4.78, 5) is 26.3. The highest BCUT2D eigenvalue weighted by atomic mass is 32.2. The van der Waals surface area contributed by atoms with Crippen molar-refractivity contribution in [3.63, 3.8) is 0 Å². The lowest BCUT2D eigenvalue weighted by Crippen LogP contribution is -2.31. The van der Waals surface area contributed by atoms with Crippen molar-refractivity contribution in [2.45, 2.75) is 46.1 Å². The average molecular weight is 475 g/mol. The van der Waals surface area contributed by atoms with E-state index in [0.717, 1.165) is 11.3 Å². The molecular formula is C24H34N4O4S. The predicted octanol–water partition coefficient (Wildman–Crippen LogP) is 3.45. The maximum absolute atomic E-state index is 13.0. The Morgan fingerprint density at radius 3 is 2.00 bits per heavy atom. The highest BCUT2D eigenvalue weighted by Gasteiger charge is 2.24. The summed E-state index contributed by atoms with van der Waals surface area (Å²) in [7, 11) is -3.67. The van der Waals surface area contributed by atoms with E-state index in [-0.39, 0.29) is 16.7 Å². The van der Waals surface area contributed by atoms with Gasteiger partial charge in [-0.3, -0.25) is 9.59 Å². The second-order valence-corrected chi connectivity index (χ2v) is 9.44. The van der Waals surface area contributed by atoms with E-state index in [4.69, 9.17) is 0 Å². The number of hydrogen-bond donors (Lipinski definition) is 2. The second kappa shape index (κ2) is 11.8. The van der Waals surface area contributed by atoms with Gasteiger partial charge in [0.15, 0.2) is 0 Å². The van der Waals surface area contributed by atoms with Gasteiger partial charge in [-0.25, -0.2) is 8.42 Å². The first kappa shape index (κ1) is 26.3. The number of carbonyl (C=O) groups is 2. The Balaban J connectivity index is 2.39. The molecule has 0 saturated carbocycles. The van der Waals surface area contributed by atoms with Crippen molar-refractivity contribution in [1.29, 1.82) is 0 Å². The minimum Gasteiger partial charge on any atom is -0.370 e. The number of benzene rings is 2. The van der Waals surface area contributed by atoms with E-state index < -0.39 is 10.0 Å². The summed E-state index contributed by atoms with van der Waals surface area (Å²) in [5.41, 5.74) is 2.51. The number of nitrogens with one attached hydrogen (secondary N) is 2. The van der Waals surface area contributed by atoms with Gasteiger partial charge in [0.25, 0.3) is 5.91 Å². The van der Waals surface area contributed by atoms with Crippen LogP contribution in [0.4, 0.5) is 11.4 Å². The van der Waals surface area contributed by atoms with E-state index in [1.54, 1.807) is 50.2 Å². The van der Waals surface area contributed by atoms with Gasteiger partial charge in [0, 0.05) is 45.2 Å². The van der Waals surface area contributed by atoms with Crippen molar-refractivity contribution in [3.05, 3.63) is 53.6 Å². The molecule has 0 radical (unpaired) electrons. The molecule has 2 rings (SSSR count). The van der Waals surface area contributed by atoms with Gasteiger partial charge in [-0.05, 0) is 49.7 Å². The molecule has 33 heavy (non-hydrogen) atoms. The highest BCUT2D eigenvalue weighted by molar-refractivity contribution is 7.89. The lowest BCUT2D eigenvalue weighted by molar-refractivity contribution is -0.119. The topological polar surface area (TPSA) is 98.8 Å². The molecule has 2 aromatic rings. The molecular weight excluding hydrogens is 440 g/mol. The minimum atomic E-state index is -3.67. The molecule has 2 aromatic carbocycles. The van der Waals surface area contributed by atoms with Crippen LogP contribution in [0.2, 0.25) is 0 Å². The number of amides is 2. The molecule has 180 valence electrons. The van der Waals surface area contributed by atoms with Gasteiger partial charge < -0.3 is 15.5 Å². The van der Waals surface area contributed by atoms with Gasteiger partial charge >= 0.3 is 0 Å². The fourth-order valence-electron chi connectivity index (χ4n) is 3.52. The van der Waals surface area contributed by atoms with Crippen molar-refractivity contribution in [2.75, 3.05) is 36.4 Å². The smallest absolute Gasteiger partial charge is 0.255 e. The van der Waals surface area contributed by atoms with E-state index in [1.807, 2.05) is 13.8 Å². The third-order valence-corrected chi connectivity index (χ3v) is 7.47. The molecule has 8 nitrogen and oxygen atoms in total. The van der Waals surface area contributed by atoms with Crippen LogP contribution >= 0.6 is 0 Å². The number of hydrogen-bond acceptors (Lipinski definition) is 5. The zero-order valence-electron chi connectivity index (χ0n) is 20.0. The summed E-state index contributed by atoms with van der Waals surface area (Å²) >= 11 is 0. The van der Waals surface area contributed by atoms with Crippen LogP contribution in [0.25, 0.3) is 0 Å². The summed E-state index contributed by atoms with van der Waals surface area (Å²) in [6, 6.07) is 11.8.